The van der Waals surface area contributed by atoms with Crippen LogP contribution in [0.3, 0.4) is 0 Å². The topological polar surface area (TPSA) is 153 Å². The van der Waals surface area contributed by atoms with Gasteiger partial charge in [0.2, 0.25) is 0 Å². The zero-order valence-corrected chi connectivity index (χ0v) is 19.0. The van der Waals surface area contributed by atoms with E-state index in [4.69, 9.17) is 36.8 Å². The summed E-state index contributed by atoms with van der Waals surface area (Å²) in [6.07, 6.45) is -2.29. The van der Waals surface area contributed by atoms with E-state index in [1.807, 2.05) is 0 Å². The third-order valence-electron chi connectivity index (χ3n) is 5.27. The van der Waals surface area contributed by atoms with Gasteiger partial charge in [0.15, 0.2) is 5.60 Å². The summed E-state index contributed by atoms with van der Waals surface area (Å²) in [5, 5.41) is 37.5. The summed E-state index contributed by atoms with van der Waals surface area (Å²) in [5.74, 6) is -5.48. The quantitative estimate of drug-likeness (QED) is 0.339. The highest BCUT2D eigenvalue weighted by atomic mass is 35.5. The van der Waals surface area contributed by atoms with Crippen molar-refractivity contribution in [2.45, 2.75) is 36.9 Å². The van der Waals surface area contributed by atoms with Gasteiger partial charge in [-0.15, -0.1) is 0 Å². The Balaban J connectivity index is 0.000000287. The van der Waals surface area contributed by atoms with Gasteiger partial charge < -0.3 is 30.5 Å². The maximum Gasteiger partial charge on any atom is 0.336 e. The molecule has 0 aromatic heterocycles. The molecule has 2 atom stereocenters. The van der Waals surface area contributed by atoms with Crippen LogP contribution in [0.4, 0.5) is 8.78 Å². The van der Waals surface area contributed by atoms with Crippen LogP contribution in [0.15, 0.2) is 42.5 Å². The SMILES string of the molecule is Fc1ccc([C@@H]2COC[C@H]2NCc2c(F)cccc2Cl)cc1.O=C(O)CC(O)(CC(=O)O)C(=O)O. The lowest BCUT2D eigenvalue weighted by Crippen LogP contribution is -2.42. The predicted molar refractivity (Wildman–Crippen MR) is 119 cm³/mol. The summed E-state index contributed by atoms with van der Waals surface area (Å²) < 4.78 is 32.3. The number of carboxylic acids is 3. The number of aliphatic carboxylic acids is 3. The number of nitrogens with one attached hydrogen (secondary N) is 1. The van der Waals surface area contributed by atoms with Gasteiger partial charge in [-0.05, 0) is 29.8 Å². The molecule has 2 aromatic carbocycles. The average Bonchev–Trinajstić information content (AvgIpc) is 3.22. The Kier molecular flexibility index (Phi) is 10.1. The number of hydrogen-bond acceptors (Lipinski definition) is 6. The van der Waals surface area contributed by atoms with Crippen molar-refractivity contribution in [3.63, 3.8) is 0 Å². The first-order valence-electron chi connectivity index (χ1n) is 10.3. The molecule has 0 bridgehead atoms. The Morgan fingerprint density at radius 3 is 2.11 bits per heavy atom. The maximum atomic E-state index is 13.8. The molecule has 1 saturated heterocycles. The van der Waals surface area contributed by atoms with Crippen LogP contribution in [0.2, 0.25) is 5.02 Å². The van der Waals surface area contributed by atoms with E-state index in [1.54, 1.807) is 24.3 Å². The molecule has 12 heteroatoms. The second-order valence-electron chi connectivity index (χ2n) is 7.86. The minimum absolute atomic E-state index is 0.0427. The van der Waals surface area contributed by atoms with E-state index in [2.05, 4.69) is 5.32 Å². The van der Waals surface area contributed by atoms with Crippen LogP contribution < -0.4 is 5.32 Å². The van der Waals surface area contributed by atoms with Crippen LogP contribution in [0.1, 0.15) is 29.9 Å². The van der Waals surface area contributed by atoms with Gasteiger partial charge in [-0.1, -0.05) is 29.8 Å². The second kappa shape index (κ2) is 12.5. The van der Waals surface area contributed by atoms with Crippen LogP contribution >= 0.6 is 11.6 Å². The molecule has 0 spiro atoms. The monoisotopic (exact) mass is 515 g/mol. The standard InChI is InChI=1S/C17H16ClF2NO.C6H8O7/c18-15-2-1-3-16(20)13(15)8-21-17-10-22-9-14(17)11-4-6-12(19)7-5-11;7-3(8)1-6(13,5(11)12)2-4(9)10/h1-7,14,17,21H,8-10H2;13H,1-2H2,(H,7,8)(H,9,10)(H,11,12)/t14-,17+;/m0./s1. The molecular weight excluding hydrogens is 492 g/mol. The lowest BCUT2D eigenvalue weighted by atomic mass is 9.94. The first-order valence-corrected chi connectivity index (χ1v) is 10.7. The highest BCUT2D eigenvalue weighted by Gasteiger charge is 2.40. The number of benzene rings is 2. The van der Waals surface area contributed by atoms with Gasteiger partial charge in [0.05, 0.1) is 26.1 Å². The number of hydrogen-bond donors (Lipinski definition) is 5. The normalized spacial score (nSPS) is 17.4. The summed E-state index contributed by atoms with van der Waals surface area (Å²) in [6.45, 7) is 1.43. The predicted octanol–water partition coefficient (Wildman–Crippen LogP) is 2.64. The molecular formula is C23H24ClF2NO8. The van der Waals surface area contributed by atoms with Crippen LogP contribution in [0.25, 0.3) is 0 Å². The molecule has 3 rings (SSSR count). The van der Waals surface area contributed by atoms with Crippen LogP contribution in [-0.2, 0) is 25.7 Å². The van der Waals surface area contributed by atoms with E-state index in [1.165, 1.54) is 18.2 Å². The Bertz CT molecular complexity index is 1010. The number of halogens is 3. The minimum atomic E-state index is -2.74. The van der Waals surface area contributed by atoms with Crippen molar-refractivity contribution in [1.29, 1.82) is 0 Å². The second-order valence-corrected chi connectivity index (χ2v) is 8.27. The smallest absolute Gasteiger partial charge is 0.336 e. The van der Waals surface area contributed by atoms with Gasteiger partial charge >= 0.3 is 17.9 Å². The molecule has 0 radical (unpaired) electrons. The van der Waals surface area contributed by atoms with E-state index in [0.29, 0.717) is 30.3 Å². The fourth-order valence-electron chi connectivity index (χ4n) is 3.44. The van der Waals surface area contributed by atoms with E-state index in [-0.39, 0.29) is 23.6 Å². The molecule has 2 aromatic rings. The van der Waals surface area contributed by atoms with Crippen molar-refractivity contribution in [2.24, 2.45) is 0 Å². The summed E-state index contributed by atoms with van der Waals surface area (Å²) in [7, 11) is 0. The van der Waals surface area contributed by atoms with Gasteiger partial charge in [0.25, 0.3) is 0 Å². The Morgan fingerprint density at radius 1 is 1.00 bits per heavy atom. The molecule has 5 N–H and O–H groups in total. The summed E-state index contributed by atoms with van der Waals surface area (Å²) in [5.41, 5.74) is -1.28. The van der Waals surface area contributed by atoms with E-state index in [9.17, 15) is 23.2 Å². The Labute approximate surface area is 203 Å². The van der Waals surface area contributed by atoms with Gasteiger partial charge in [0.1, 0.15) is 11.6 Å². The maximum absolute atomic E-state index is 13.8. The Hall–Kier alpha value is -3.12. The van der Waals surface area contributed by atoms with Gasteiger partial charge in [-0.3, -0.25) is 9.59 Å². The molecule has 0 unspecified atom stereocenters. The van der Waals surface area contributed by atoms with Crippen LogP contribution in [0, 0.1) is 11.6 Å². The molecule has 0 aliphatic carbocycles. The largest absolute Gasteiger partial charge is 0.481 e. The molecule has 1 aliphatic rings. The lowest BCUT2D eigenvalue weighted by molar-refractivity contribution is -0.170. The summed E-state index contributed by atoms with van der Waals surface area (Å²) >= 11 is 6.03. The van der Waals surface area contributed by atoms with Crippen molar-refractivity contribution in [3.05, 3.63) is 70.2 Å². The third-order valence-corrected chi connectivity index (χ3v) is 5.62. The van der Waals surface area contributed by atoms with E-state index in [0.717, 1.165) is 5.56 Å². The number of carbonyl (C=O) groups is 3. The highest BCUT2D eigenvalue weighted by molar-refractivity contribution is 6.31. The fourth-order valence-corrected chi connectivity index (χ4v) is 3.67. The zero-order valence-electron chi connectivity index (χ0n) is 18.3. The molecule has 9 nitrogen and oxygen atoms in total. The van der Waals surface area contributed by atoms with Crippen molar-refractivity contribution >= 4 is 29.5 Å². The van der Waals surface area contributed by atoms with Crippen molar-refractivity contribution < 1.29 is 48.3 Å². The number of aliphatic hydroxyl groups is 1. The van der Waals surface area contributed by atoms with E-state index < -0.39 is 36.4 Å². The average molecular weight is 516 g/mol. The third kappa shape index (κ3) is 8.25. The molecule has 1 fully saturated rings. The summed E-state index contributed by atoms with van der Waals surface area (Å²) in [4.78, 5) is 30.5. The molecule has 0 amide bonds. The zero-order chi connectivity index (χ0) is 26.2. The van der Waals surface area contributed by atoms with Crippen molar-refractivity contribution in [1.82, 2.24) is 5.32 Å². The summed E-state index contributed by atoms with van der Waals surface area (Å²) in [6, 6.07) is 11.1. The molecule has 190 valence electrons. The molecule has 0 saturated carbocycles. The van der Waals surface area contributed by atoms with Crippen molar-refractivity contribution in [3.8, 4) is 0 Å². The lowest BCUT2D eigenvalue weighted by Gasteiger charge is -2.20. The fraction of sp³-hybridized carbons (Fsp3) is 0.348. The van der Waals surface area contributed by atoms with E-state index >= 15 is 0 Å². The molecule has 1 aliphatic heterocycles. The number of carboxylic acid groups (broad SMARTS) is 3. The van der Waals surface area contributed by atoms with Gasteiger partial charge in [-0.2, -0.15) is 0 Å². The van der Waals surface area contributed by atoms with Gasteiger partial charge in [0, 0.05) is 29.1 Å². The van der Waals surface area contributed by atoms with Crippen LogP contribution in [0.5, 0.6) is 0 Å². The first-order chi connectivity index (χ1) is 16.4. The highest BCUT2D eigenvalue weighted by Crippen LogP contribution is 2.27. The van der Waals surface area contributed by atoms with Crippen LogP contribution in [-0.4, -0.2) is 63.2 Å². The first kappa shape index (κ1) is 28.1. The number of rotatable bonds is 9. The minimum Gasteiger partial charge on any atom is -0.481 e. The molecule has 1 heterocycles. The van der Waals surface area contributed by atoms with Crippen molar-refractivity contribution in [2.75, 3.05) is 13.2 Å². The number of ether oxygens (including phenoxy) is 1. The Morgan fingerprint density at radius 2 is 1.60 bits per heavy atom. The molecule has 35 heavy (non-hydrogen) atoms. The van der Waals surface area contributed by atoms with Gasteiger partial charge in [-0.25, -0.2) is 13.6 Å².